The zero-order valence-corrected chi connectivity index (χ0v) is 18.8. The lowest BCUT2D eigenvalue weighted by atomic mass is 10.1. The summed E-state index contributed by atoms with van der Waals surface area (Å²) in [5.74, 6) is -0.536. The van der Waals surface area contributed by atoms with E-state index in [1.54, 1.807) is 19.3 Å². The number of halogens is 2. The number of ether oxygens (including phenoxy) is 1. The van der Waals surface area contributed by atoms with E-state index in [2.05, 4.69) is 25.7 Å². The van der Waals surface area contributed by atoms with Crippen LogP contribution in [0, 0.1) is 5.82 Å². The number of amides is 1. The molecule has 0 saturated carbocycles. The van der Waals surface area contributed by atoms with Crippen molar-refractivity contribution in [3.8, 4) is 17.0 Å². The monoisotopic (exact) mass is 459 g/mol. The zero-order chi connectivity index (χ0) is 23.3. The molecule has 0 aliphatic rings. The minimum Gasteiger partial charge on any atom is -0.494 e. The normalized spacial score (nSPS) is 10.8. The fourth-order valence-electron chi connectivity index (χ4n) is 2.92. The van der Waals surface area contributed by atoms with E-state index in [-0.39, 0.29) is 28.9 Å². The number of hydrogen-bond donors (Lipinski definition) is 2. The number of rotatable bonds is 8. The molecule has 0 unspecified atom stereocenters. The van der Waals surface area contributed by atoms with Crippen LogP contribution in [0.3, 0.4) is 0 Å². The second-order valence-corrected chi connectivity index (χ2v) is 7.44. The van der Waals surface area contributed by atoms with E-state index < -0.39 is 11.7 Å². The van der Waals surface area contributed by atoms with Gasteiger partial charge in [-0.3, -0.25) is 19.6 Å². The van der Waals surface area contributed by atoms with Gasteiger partial charge in [0.15, 0.2) is 5.75 Å². The Hall–Kier alpha value is -3.30. The molecule has 3 aromatic rings. The molecule has 168 valence electrons. The van der Waals surface area contributed by atoms with E-state index in [1.807, 2.05) is 13.8 Å². The lowest BCUT2D eigenvalue weighted by Gasteiger charge is -2.17. The summed E-state index contributed by atoms with van der Waals surface area (Å²) in [5, 5.41) is 3.16. The minimum atomic E-state index is -0.538. The predicted molar refractivity (Wildman–Crippen MR) is 120 cm³/mol. The first-order valence-electron chi connectivity index (χ1n) is 9.88. The van der Waals surface area contributed by atoms with Crippen molar-refractivity contribution < 1.29 is 18.8 Å². The molecule has 10 heteroatoms. The van der Waals surface area contributed by atoms with E-state index >= 15 is 0 Å². The molecule has 0 fully saturated rings. The third-order valence-electron chi connectivity index (χ3n) is 4.49. The number of benzene rings is 1. The average Bonchev–Trinajstić information content (AvgIpc) is 2.77. The Balaban J connectivity index is 2.05. The van der Waals surface area contributed by atoms with Crippen molar-refractivity contribution in [1.29, 1.82) is 0 Å². The lowest BCUT2D eigenvalue weighted by molar-refractivity contribution is 0.0365. The summed E-state index contributed by atoms with van der Waals surface area (Å²) in [4.78, 5) is 30.2. The van der Waals surface area contributed by atoms with Gasteiger partial charge < -0.3 is 10.1 Å². The molecule has 0 radical (unpaired) electrons. The number of methoxy groups -OCH3 is 1. The molecule has 0 saturated heterocycles. The maximum absolute atomic E-state index is 14.6. The highest BCUT2D eigenvalue weighted by atomic mass is 35.5. The van der Waals surface area contributed by atoms with E-state index in [1.165, 1.54) is 31.5 Å². The molecular formula is C22H23ClFN5O3. The maximum Gasteiger partial charge on any atom is 0.278 e. The fraction of sp³-hybridized carbons (Fsp3) is 0.273. The number of aromatic nitrogens is 3. The number of hydroxylamine groups is 1. The molecule has 2 heterocycles. The lowest BCUT2D eigenvalue weighted by Crippen LogP contribution is -2.24. The number of hydrogen-bond acceptors (Lipinski definition) is 7. The summed E-state index contributed by atoms with van der Waals surface area (Å²) >= 11 is 6.03. The van der Waals surface area contributed by atoms with E-state index in [0.717, 1.165) is 5.69 Å². The first-order chi connectivity index (χ1) is 15.3. The Morgan fingerprint density at radius 2 is 1.91 bits per heavy atom. The van der Waals surface area contributed by atoms with Gasteiger partial charge in [-0.05, 0) is 25.0 Å². The number of anilines is 2. The van der Waals surface area contributed by atoms with Crippen LogP contribution in [0.1, 0.15) is 42.7 Å². The Morgan fingerprint density at radius 3 is 2.53 bits per heavy atom. The second kappa shape index (κ2) is 10.3. The largest absolute Gasteiger partial charge is 0.494 e. The molecule has 32 heavy (non-hydrogen) atoms. The van der Waals surface area contributed by atoms with Crippen LogP contribution < -0.4 is 15.5 Å². The Kier molecular flexibility index (Phi) is 7.55. The van der Waals surface area contributed by atoms with Crippen LogP contribution in [0.25, 0.3) is 11.3 Å². The number of nitrogens with zero attached hydrogens (tertiary/aromatic N) is 3. The number of nitrogens with one attached hydrogen (secondary N) is 2. The van der Waals surface area contributed by atoms with Gasteiger partial charge in [0, 0.05) is 24.0 Å². The molecule has 0 atom stereocenters. The van der Waals surface area contributed by atoms with Gasteiger partial charge in [-0.15, -0.1) is 0 Å². The highest BCUT2D eigenvalue weighted by Gasteiger charge is 2.19. The molecule has 8 nitrogen and oxygen atoms in total. The smallest absolute Gasteiger partial charge is 0.278 e. The van der Waals surface area contributed by atoms with Crippen LogP contribution in [0.4, 0.5) is 15.8 Å². The Bertz CT molecular complexity index is 1110. The van der Waals surface area contributed by atoms with Gasteiger partial charge in [-0.2, -0.15) is 0 Å². The molecule has 1 amide bonds. The van der Waals surface area contributed by atoms with Crippen molar-refractivity contribution in [2.75, 3.05) is 19.0 Å². The number of carbonyl (C=O) groups excluding carboxylic acids is 1. The molecule has 0 aliphatic carbocycles. The SMILES string of the molecule is CCONC(=O)c1cnc(Cl)cc1Nc1cc(F)cc(-c2cnc(C(C)C)cn2)c1OC. The summed E-state index contributed by atoms with van der Waals surface area (Å²) in [6.45, 7) is 6.03. The summed E-state index contributed by atoms with van der Waals surface area (Å²) in [6.07, 6.45) is 4.51. The van der Waals surface area contributed by atoms with Crippen molar-refractivity contribution in [3.63, 3.8) is 0 Å². The quantitative estimate of drug-likeness (QED) is 0.365. The van der Waals surface area contributed by atoms with Crippen molar-refractivity contribution in [3.05, 3.63) is 59.0 Å². The van der Waals surface area contributed by atoms with Crippen molar-refractivity contribution in [2.45, 2.75) is 26.7 Å². The van der Waals surface area contributed by atoms with Crippen LogP contribution in [0.5, 0.6) is 5.75 Å². The summed E-state index contributed by atoms with van der Waals surface area (Å²) in [6, 6.07) is 4.01. The third kappa shape index (κ3) is 5.30. The van der Waals surface area contributed by atoms with Gasteiger partial charge in [0.05, 0.1) is 48.2 Å². The van der Waals surface area contributed by atoms with Gasteiger partial charge in [-0.1, -0.05) is 25.4 Å². The standard InChI is InChI=1S/C22H23ClFN5O3/c1-5-32-29-22(30)15-9-27-20(23)8-16(15)28-17-7-13(24)6-14(21(17)31-4)19-11-25-18(10-26-19)12(2)3/h6-12H,5H2,1-4H3,(H,27,28)(H,29,30). The second-order valence-electron chi connectivity index (χ2n) is 7.06. The first-order valence-corrected chi connectivity index (χ1v) is 10.3. The van der Waals surface area contributed by atoms with E-state index in [0.29, 0.717) is 22.7 Å². The topological polar surface area (TPSA) is 98.3 Å². The van der Waals surface area contributed by atoms with Crippen molar-refractivity contribution in [2.24, 2.45) is 0 Å². The number of pyridine rings is 1. The van der Waals surface area contributed by atoms with Gasteiger partial charge in [0.25, 0.3) is 5.91 Å². The molecular weight excluding hydrogens is 437 g/mol. The summed E-state index contributed by atoms with van der Waals surface area (Å²) < 4.78 is 20.1. The highest BCUT2D eigenvalue weighted by Crippen LogP contribution is 2.39. The van der Waals surface area contributed by atoms with Crippen LogP contribution in [-0.2, 0) is 4.84 Å². The van der Waals surface area contributed by atoms with E-state index in [4.69, 9.17) is 21.2 Å². The molecule has 0 bridgehead atoms. The van der Waals surface area contributed by atoms with Crippen LogP contribution in [-0.4, -0.2) is 34.6 Å². The van der Waals surface area contributed by atoms with Gasteiger partial charge in [-0.25, -0.2) is 14.9 Å². The maximum atomic E-state index is 14.6. The molecule has 0 spiro atoms. The predicted octanol–water partition coefficient (Wildman–Crippen LogP) is 4.89. The van der Waals surface area contributed by atoms with Gasteiger partial charge in [0.1, 0.15) is 11.0 Å². The molecule has 2 aromatic heterocycles. The number of carbonyl (C=O) groups is 1. The molecule has 3 rings (SSSR count). The fourth-order valence-corrected chi connectivity index (χ4v) is 3.08. The average molecular weight is 460 g/mol. The first kappa shape index (κ1) is 23.4. The third-order valence-corrected chi connectivity index (χ3v) is 4.70. The Morgan fingerprint density at radius 1 is 1.12 bits per heavy atom. The Labute approximate surface area is 190 Å². The summed E-state index contributed by atoms with van der Waals surface area (Å²) in [7, 11) is 1.46. The van der Waals surface area contributed by atoms with Gasteiger partial charge in [0.2, 0.25) is 0 Å². The van der Waals surface area contributed by atoms with Crippen molar-refractivity contribution >= 4 is 28.9 Å². The van der Waals surface area contributed by atoms with E-state index in [9.17, 15) is 9.18 Å². The van der Waals surface area contributed by atoms with Crippen LogP contribution in [0.15, 0.2) is 36.8 Å². The zero-order valence-electron chi connectivity index (χ0n) is 18.1. The molecule has 0 aliphatic heterocycles. The highest BCUT2D eigenvalue weighted by molar-refractivity contribution is 6.29. The van der Waals surface area contributed by atoms with Gasteiger partial charge >= 0.3 is 0 Å². The van der Waals surface area contributed by atoms with Crippen LogP contribution >= 0.6 is 11.6 Å². The van der Waals surface area contributed by atoms with Crippen molar-refractivity contribution in [1.82, 2.24) is 20.4 Å². The van der Waals surface area contributed by atoms with Crippen LogP contribution in [0.2, 0.25) is 5.15 Å². The minimum absolute atomic E-state index is 0.145. The summed E-state index contributed by atoms with van der Waals surface area (Å²) in [5.41, 5.74) is 4.67. The molecule has 2 N–H and O–H groups in total. The molecule has 1 aromatic carbocycles.